The summed E-state index contributed by atoms with van der Waals surface area (Å²) >= 11 is 7.28. The first-order valence-electron chi connectivity index (χ1n) is 8.17. The van der Waals surface area contributed by atoms with Gasteiger partial charge in [0.1, 0.15) is 10.8 Å². The molecule has 0 saturated heterocycles. The van der Waals surface area contributed by atoms with E-state index in [0.717, 1.165) is 36.1 Å². The van der Waals surface area contributed by atoms with E-state index in [2.05, 4.69) is 5.32 Å². The Hall–Kier alpha value is -2.05. The average Bonchev–Trinajstić information content (AvgIpc) is 2.94. The molecule has 0 aliphatic heterocycles. The van der Waals surface area contributed by atoms with Gasteiger partial charge < -0.3 is 15.8 Å². The van der Waals surface area contributed by atoms with Gasteiger partial charge in [-0.3, -0.25) is 9.59 Å². The van der Waals surface area contributed by atoms with E-state index in [0.29, 0.717) is 21.3 Å². The number of nitrogens with two attached hydrogens (primary N) is 1. The molecule has 0 atom stereocenters. The quantitative estimate of drug-likeness (QED) is 0.802. The minimum atomic E-state index is -0.480. The maximum atomic E-state index is 12.2. The van der Waals surface area contributed by atoms with Gasteiger partial charge in [0.25, 0.3) is 5.91 Å². The molecule has 0 bridgehead atoms. The molecular weight excluding hydrogens is 360 g/mol. The summed E-state index contributed by atoms with van der Waals surface area (Å²) in [4.78, 5) is 25.2. The number of amides is 2. The number of aryl methyl sites for hydroxylation is 1. The van der Waals surface area contributed by atoms with Crippen molar-refractivity contribution in [1.29, 1.82) is 0 Å². The van der Waals surface area contributed by atoms with Crippen LogP contribution < -0.4 is 15.8 Å². The lowest BCUT2D eigenvalue weighted by Crippen LogP contribution is -2.19. The van der Waals surface area contributed by atoms with Crippen molar-refractivity contribution in [2.24, 2.45) is 5.73 Å². The number of hydrogen-bond donors (Lipinski definition) is 2. The Balaban J connectivity index is 1.60. The van der Waals surface area contributed by atoms with Crippen LogP contribution in [0.5, 0.6) is 5.75 Å². The molecule has 0 unspecified atom stereocenters. The van der Waals surface area contributed by atoms with Crippen molar-refractivity contribution >= 4 is 39.8 Å². The van der Waals surface area contributed by atoms with E-state index < -0.39 is 5.91 Å². The highest BCUT2D eigenvalue weighted by Gasteiger charge is 2.24. The molecule has 1 aromatic carbocycles. The Bertz CT molecular complexity index is 786. The van der Waals surface area contributed by atoms with Crippen LogP contribution in [0.2, 0.25) is 5.02 Å². The normalized spacial score (nSPS) is 13.2. The van der Waals surface area contributed by atoms with E-state index in [1.165, 1.54) is 11.3 Å². The first-order chi connectivity index (χ1) is 12.0. The second kappa shape index (κ2) is 7.89. The molecule has 3 rings (SSSR count). The Labute approximate surface area is 155 Å². The van der Waals surface area contributed by atoms with Gasteiger partial charge in [-0.25, -0.2) is 0 Å². The van der Waals surface area contributed by atoms with Crippen LogP contribution in [0.15, 0.2) is 24.3 Å². The monoisotopic (exact) mass is 378 g/mol. The van der Waals surface area contributed by atoms with Gasteiger partial charge in [-0.1, -0.05) is 11.6 Å². The molecule has 0 radical (unpaired) electrons. The fourth-order valence-corrected chi connectivity index (χ4v) is 4.33. The maximum Gasteiger partial charge on any atom is 0.251 e. The van der Waals surface area contributed by atoms with Crippen molar-refractivity contribution in [3.8, 4) is 5.75 Å². The minimum absolute atomic E-state index is 0.184. The number of anilines is 1. The molecule has 1 aromatic heterocycles. The van der Waals surface area contributed by atoms with E-state index in [-0.39, 0.29) is 18.9 Å². The van der Waals surface area contributed by atoms with Gasteiger partial charge in [-0.05, 0) is 55.5 Å². The van der Waals surface area contributed by atoms with Crippen LogP contribution in [0, 0.1) is 0 Å². The molecule has 132 valence electrons. The molecule has 3 N–H and O–H groups in total. The number of carbonyl (C=O) groups excluding carboxylic acids is 2. The molecule has 0 spiro atoms. The van der Waals surface area contributed by atoms with Crippen molar-refractivity contribution < 1.29 is 14.3 Å². The third kappa shape index (κ3) is 4.32. The fourth-order valence-electron chi connectivity index (χ4n) is 2.90. The van der Waals surface area contributed by atoms with Crippen molar-refractivity contribution in [3.05, 3.63) is 45.3 Å². The summed E-state index contributed by atoms with van der Waals surface area (Å²) in [6.07, 6.45) is 4.12. The lowest BCUT2D eigenvalue weighted by atomic mass is 9.95. The number of carbonyl (C=O) groups is 2. The number of hydrogen-bond acceptors (Lipinski definition) is 4. The van der Waals surface area contributed by atoms with Crippen LogP contribution >= 0.6 is 22.9 Å². The number of primary amides is 1. The lowest BCUT2D eigenvalue weighted by Gasteiger charge is -2.11. The number of nitrogens with one attached hydrogen (secondary N) is 1. The zero-order chi connectivity index (χ0) is 17.8. The van der Waals surface area contributed by atoms with Gasteiger partial charge in [0.15, 0.2) is 0 Å². The number of thiophene rings is 1. The number of benzene rings is 1. The molecule has 5 nitrogen and oxygen atoms in total. The average molecular weight is 379 g/mol. The number of ether oxygens (including phenoxy) is 1. The van der Waals surface area contributed by atoms with Crippen LogP contribution in [0.1, 0.15) is 40.1 Å². The van der Waals surface area contributed by atoms with E-state index in [9.17, 15) is 9.59 Å². The van der Waals surface area contributed by atoms with Crippen molar-refractivity contribution in [3.63, 3.8) is 0 Å². The highest BCUT2D eigenvalue weighted by Crippen LogP contribution is 2.37. The second-order valence-corrected chi connectivity index (χ2v) is 7.42. The molecule has 1 heterocycles. The maximum absolute atomic E-state index is 12.2. The summed E-state index contributed by atoms with van der Waals surface area (Å²) in [5, 5.41) is 4.02. The molecule has 2 amide bonds. The summed E-state index contributed by atoms with van der Waals surface area (Å²) in [5.41, 5.74) is 7.02. The molecule has 1 aliphatic carbocycles. The van der Waals surface area contributed by atoms with Crippen molar-refractivity contribution in [2.45, 2.75) is 32.1 Å². The largest absolute Gasteiger partial charge is 0.493 e. The Morgan fingerprint density at radius 3 is 2.64 bits per heavy atom. The van der Waals surface area contributed by atoms with Gasteiger partial charge in [0.2, 0.25) is 5.91 Å². The van der Waals surface area contributed by atoms with E-state index in [4.69, 9.17) is 22.1 Å². The van der Waals surface area contributed by atoms with Gasteiger partial charge >= 0.3 is 0 Å². The zero-order valence-corrected chi connectivity index (χ0v) is 15.2. The molecule has 2 aromatic rings. The summed E-state index contributed by atoms with van der Waals surface area (Å²) in [7, 11) is 0. The topological polar surface area (TPSA) is 81.4 Å². The molecule has 0 saturated carbocycles. The number of rotatable bonds is 6. The highest BCUT2D eigenvalue weighted by molar-refractivity contribution is 7.17. The number of halogens is 1. The predicted octanol–water partition coefficient (Wildman–Crippen LogP) is 3.79. The zero-order valence-electron chi connectivity index (χ0n) is 13.6. The molecule has 1 aliphatic rings. The van der Waals surface area contributed by atoms with E-state index >= 15 is 0 Å². The summed E-state index contributed by atoms with van der Waals surface area (Å²) in [5.74, 6) is -0.0243. The van der Waals surface area contributed by atoms with E-state index in [1.807, 2.05) is 0 Å². The summed E-state index contributed by atoms with van der Waals surface area (Å²) in [6.45, 7) is 0.241. The SMILES string of the molecule is NC(=O)c1c(NC(=O)CCOc2ccc(Cl)cc2)sc2c1CCCC2. The second-order valence-electron chi connectivity index (χ2n) is 5.88. The molecule has 0 fully saturated rings. The molecular formula is C18H19ClN2O3S. The van der Waals surface area contributed by atoms with Crippen LogP contribution in [0.4, 0.5) is 5.00 Å². The Kier molecular flexibility index (Phi) is 5.60. The standard InChI is InChI=1S/C18H19ClN2O3S/c19-11-5-7-12(8-6-11)24-10-9-15(22)21-18-16(17(20)23)13-3-1-2-4-14(13)25-18/h5-8H,1-4,9-10H2,(H2,20,23)(H,21,22). The highest BCUT2D eigenvalue weighted by atomic mass is 35.5. The summed E-state index contributed by atoms with van der Waals surface area (Å²) < 4.78 is 5.52. The third-order valence-electron chi connectivity index (χ3n) is 4.08. The molecule has 7 heteroatoms. The van der Waals surface area contributed by atoms with Crippen LogP contribution in [0.25, 0.3) is 0 Å². The molecule has 25 heavy (non-hydrogen) atoms. The van der Waals surface area contributed by atoms with Crippen LogP contribution in [0.3, 0.4) is 0 Å². The van der Waals surface area contributed by atoms with Crippen LogP contribution in [-0.2, 0) is 17.6 Å². The van der Waals surface area contributed by atoms with Gasteiger partial charge in [-0.15, -0.1) is 11.3 Å². The smallest absolute Gasteiger partial charge is 0.251 e. The Morgan fingerprint density at radius 2 is 1.92 bits per heavy atom. The summed E-state index contributed by atoms with van der Waals surface area (Å²) in [6, 6.07) is 6.95. The van der Waals surface area contributed by atoms with Gasteiger partial charge in [0, 0.05) is 9.90 Å². The third-order valence-corrected chi connectivity index (χ3v) is 5.54. The lowest BCUT2D eigenvalue weighted by molar-refractivity contribution is -0.116. The van der Waals surface area contributed by atoms with Gasteiger partial charge in [-0.2, -0.15) is 0 Å². The van der Waals surface area contributed by atoms with Crippen molar-refractivity contribution in [2.75, 3.05) is 11.9 Å². The first kappa shape index (κ1) is 17.8. The van der Waals surface area contributed by atoms with Crippen molar-refractivity contribution in [1.82, 2.24) is 0 Å². The minimum Gasteiger partial charge on any atom is -0.493 e. The first-order valence-corrected chi connectivity index (χ1v) is 9.36. The predicted molar refractivity (Wildman–Crippen MR) is 99.7 cm³/mol. The van der Waals surface area contributed by atoms with E-state index in [1.54, 1.807) is 24.3 Å². The number of fused-ring (bicyclic) bond motifs is 1. The van der Waals surface area contributed by atoms with Crippen LogP contribution in [-0.4, -0.2) is 18.4 Å². The Morgan fingerprint density at radius 1 is 1.20 bits per heavy atom. The van der Waals surface area contributed by atoms with Gasteiger partial charge in [0.05, 0.1) is 18.6 Å². The fraction of sp³-hybridized carbons (Fsp3) is 0.333.